The van der Waals surface area contributed by atoms with Crippen LogP contribution in [0.4, 0.5) is 23.2 Å². The lowest BCUT2D eigenvalue weighted by Crippen LogP contribution is -2.41. The third-order valence-corrected chi connectivity index (χ3v) is 3.73. The highest BCUT2D eigenvalue weighted by atomic mass is 19.4. The monoisotopic (exact) mass is 337 g/mol. The molecule has 1 aliphatic rings. The summed E-state index contributed by atoms with van der Waals surface area (Å²) < 4.78 is 52.1. The normalized spacial score (nSPS) is 16.8. The van der Waals surface area contributed by atoms with E-state index < -0.39 is 29.6 Å². The van der Waals surface area contributed by atoms with E-state index in [4.69, 9.17) is 5.11 Å². The zero-order chi connectivity index (χ0) is 17.5. The predicted molar refractivity (Wildman–Crippen MR) is 80.9 cm³/mol. The van der Waals surface area contributed by atoms with Gasteiger partial charge in [-0.2, -0.15) is 13.2 Å². The lowest BCUT2D eigenvalue weighted by Gasteiger charge is -2.28. The number of anilines is 1. The number of aliphatic carboxylic acids is 1. The Balaban J connectivity index is 2.06. The van der Waals surface area contributed by atoms with Crippen LogP contribution in [0.5, 0.6) is 0 Å². The summed E-state index contributed by atoms with van der Waals surface area (Å²) in [6.45, 7) is 0. The molecule has 124 valence electrons. The standard InChI is InChI=1S/C17H11F4NO2/c18-12-4-1-9(2-5-12)10-3-6-14-11(7-10)8-13(16(23)24)15(22-14)17(19,20)21/h1-8,15,22H,(H,23,24). The van der Waals surface area contributed by atoms with E-state index in [0.29, 0.717) is 16.7 Å². The molecule has 2 aromatic rings. The Morgan fingerprint density at radius 3 is 2.25 bits per heavy atom. The van der Waals surface area contributed by atoms with Crippen LogP contribution in [0.2, 0.25) is 0 Å². The van der Waals surface area contributed by atoms with Gasteiger partial charge in [0.25, 0.3) is 0 Å². The Hall–Kier alpha value is -2.83. The topological polar surface area (TPSA) is 49.3 Å². The summed E-state index contributed by atoms with van der Waals surface area (Å²) in [5, 5.41) is 11.3. The second-order valence-corrected chi connectivity index (χ2v) is 5.33. The molecule has 1 heterocycles. The molecular weight excluding hydrogens is 326 g/mol. The molecule has 2 N–H and O–H groups in total. The van der Waals surface area contributed by atoms with Crippen LogP contribution in [0.25, 0.3) is 17.2 Å². The largest absolute Gasteiger partial charge is 0.478 e. The molecule has 0 spiro atoms. The van der Waals surface area contributed by atoms with Gasteiger partial charge in [0.15, 0.2) is 6.04 Å². The van der Waals surface area contributed by atoms with E-state index in [9.17, 15) is 22.4 Å². The quantitative estimate of drug-likeness (QED) is 0.803. The summed E-state index contributed by atoms with van der Waals surface area (Å²) in [4.78, 5) is 11.2. The Morgan fingerprint density at radius 1 is 1.04 bits per heavy atom. The van der Waals surface area contributed by atoms with Crippen molar-refractivity contribution in [3.63, 3.8) is 0 Å². The van der Waals surface area contributed by atoms with Crippen molar-refractivity contribution in [1.82, 2.24) is 0 Å². The molecular formula is C17H11F4NO2. The molecule has 0 saturated carbocycles. The number of rotatable bonds is 2. The SMILES string of the molecule is O=C(O)C1=Cc2cc(-c3ccc(F)cc3)ccc2NC1C(F)(F)F. The lowest BCUT2D eigenvalue weighted by molar-refractivity contribution is -0.146. The third-order valence-electron chi connectivity index (χ3n) is 3.73. The highest BCUT2D eigenvalue weighted by Gasteiger charge is 2.46. The van der Waals surface area contributed by atoms with Crippen molar-refractivity contribution in [2.75, 3.05) is 5.32 Å². The van der Waals surface area contributed by atoms with E-state index in [-0.39, 0.29) is 5.69 Å². The number of halogens is 4. The molecule has 0 aromatic heterocycles. The number of hydrogen-bond acceptors (Lipinski definition) is 2. The van der Waals surface area contributed by atoms with E-state index in [1.165, 1.54) is 30.3 Å². The molecule has 3 rings (SSSR count). The van der Waals surface area contributed by atoms with Crippen molar-refractivity contribution in [1.29, 1.82) is 0 Å². The molecule has 1 unspecified atom stereocenters. The van der Waals surface area contributed by atoms with Crippen molar-refractivity contribution in [3.05, 3.63) is 59.4 Å². The highest BCUT2D eigenvalue weighted by Crippen LogP contribution is 2.37. The molecule has 1 aliphatic heterocycles. The maximum absolute atomic E-state index is 13.0. The summed E-state index contributed by atoms with van der Waals surface area (Å²) in [7, 11) is 0. The van der Waals surface area contributed by atoms with Crippen LogP contribution in [0.3, 0.4) is 0 Å². The Kier molecular flexibility index (Phi) is 3.79. The van der Waals surface area contributed by atoms with Gasteiger partial charge in [0.2, 0.25) is 0 Å². The van der Waals surface area contributed by atoms with Gasteiger partial charge in [0.05, 0.1) is 5.57 Å². The molecule has 0 bridgehead atoms. The van der Waals surface area contributed by atoms with Gasteiger partial charge in [-0.15, -0.1) is 0 Å². The highest BCUT2D eigenvalue weighted by molar-refractivity contribution is 5.98. The molecule has 0 fully saturated rings. The summed E-state index contributed by atoms with van der Waals surface area (Å²) >= 11 is 0. The lowest BCUT2D eigenvalue weighted by atomic mass is 9.94. The molecule has 0 radical (unpaired) electrons. The number of carboxylic acid groups (broad SMARTS) is 1. The van der Waals surface area contributed by atoms with Gasteiger partial charge in [-0.05, 0) is 47.0 Å². The summed E-state index contributed by atoms with van der Waals surface area (Å²) in [5.41, 5.74) is 1.05. The van der Waals surface area contributed by atoms with Crippen LogP contribution in [0, 0.1) is 5.82 Å². The predicted octanol–water partition coefficient (Wildman–Crippen LogP) is 4.32. The molecule has 3 nitrogen and oxygen atoms in total. The van der Waals surface area contributed by atoms with Crippen molar-refractivity contribution in [3.8, 4) is 11.1 Å². The second-order valence-electron chi connectivity index (χ2n) is 5.33. The van der Waals surface area contributed by atoms with E-state index >= 15 is 0 Å². The van der Waals surface area contributed by atoms with Gasteiger partial charge in [-0.3, -0.25) is 0 Å². The fraction of sp³-hybridized carbons (Fsp3) is 0.118. The van der Waals surface area contributed by atoms with Crippen LogP contribution in [-0.4, -0.2) is 23.3 Å². The second kappa shape index (κ2) is 5.67. The molecule has 7 heteroatoms. The molecule has 1 atom stereocenters. The first-order chi connectivity index (χ1) is 11.3. The Morgan fingerprint density at radius 2 is 1.67 bits per heavy atom. The van der Waals surface area contributed by atoms with Gasteiger partial charge in [-0.1, -0.05) is 18.2 Å². The average molecular weight is 337 g/mol. The van der Waals surface area contributed by atoms with E-state index in [0.717, 1.165) is 6.08 Å². The smallest absolute Gasteiger partial charge is 0.413 e. The van der Waals surface area contributed by atoms with Crippen molar-refractivity contribution < 1.29 is 27.5 Å². The Bertz CT molecular complexity index is 825. The number of hydrogen-bond donors (Lipinski definition) is 2. The minimum atomic E-state index is -4.72. The van der Waals surface area contributed by atoms with Crippen molar-refractivity contribution in [2.24, 2.45) is 0 Å². The molecule has 0 saturated heterocycles. The summed E-state index contributed by atoms with van der Waals surface area (Å²) in [6.07, 6.45) is -3.71. The first kappa shape index (κ1) is 16.0. The third kappa shape index (κ3) is 2.97. The van der Waals surface area contributed by atoms with Crippen LogP contribution in [-0.2, 0) is 4.79 Å². The molecule has 0 amide bonds. The number of benzene rings is 2. The maximum Gasteiger partial charge on any atom is 0.413 e. The van der Waals surface area contributed by atoms with Crippen LogP contribution >= 0.6 is 0 Å². The van der Waals surface area contributed by atoms with Gasteiger partial charge in [0.1, 0.15) is 5.82 Å². The van der Waals surface area contributed by atoms with Crippen LogP contribution < -0.4 is 5.32 Å². The van der Waals surface area contributed by atoms with Crippen molar-refractivity contribution >= 4 is 17.7 Å². The maximum atomic E-state index is 13.0. The fourth-order valence-corrected chi connectivity index (χ4v) is 2.56. The first-order valence-corrected chi connectivity index (χ1v) is 6.94. The molecule has 0 aliphatic carbocycles. The summed E-state index contributed by atoms with van der Waals surface area (Å²) in [6, 6.07) is 7.94. The van der Waals surface area contributed by atoms with Gasteiger partial charge in [0, 0.05) is 5.69 Å². The average Bonchev–Trinajstić information content (AvgIpc) is 2.53. The van der Waals surface area contributed by atoms with Gasteiger partial charge < -0.3 is 10.4 Å². The minimum Gasteiger partial charge on any atom is -0.478 e. The fourth-order valence-electron chi connectivity index (χ4n) is 2.56. The number of alkyl halides is 3. The number of fused-ring (bicyclic) bond motifs is 1. The zero-order valence-corrected chi connectivity index (χ0v) is 12.1. The van der Waals surface area contributed by atoms with Gasteiger partial charge in [-0.25, -0.2) is 9.18 Å². The summed E-state index contributed by atoms with van der Waals surface area (Å²) in [5.74, 6) is -2.04. The number of nitrogens with one attached hydrogen (secondary N) is 1. The van der Waals surface area contributed by atoms with Crippen LogP contribution in [0.1, 0.15) is 5.56 Å². The van der Waals surface area contributed by atoms with Gasteiger partial charge >= 0.3 is 12.1 Å². The van der Waals surface area contributed by atoms with E-state index in [2.05, 4.69) is 5.32 Å². The van der Waals surface area contributed by atoms with E-state index in [1.807, 2.05) is 0 Å². The van der Waals surface area contributed by atoms with E-state index in [1.54, 1.807) is 12.1 Å². The minimum absolute atomic E-state index is 0.188. The van der Waals surface area contributed by atoms with Crippen LogP contribution in [0.15, 0.2) is 48.0 Å². The molecule has 2 aromatic carbocycles. The first-order valence-electron chi connectivity index (χ1n) is 6.94. The Labute approximate surface area is 134 Å². The number of carbonyl (C=O) groups is 1. The number of carboxylic acids is 1. The zero-order valence-electron chi connectivity index (χ0n) is 12.1. The molecule has 24 heavy (non-hydrogen) atoms. The van der Waals surface area contributed by atoms with Crippen molar-refractivity contribution in [2.45, 2.75) is 12.2 Å².